The molecule has 0 saturated carbocycles. The zero-order chi connectivity index (χ0) is 7.84. The van der Waals surface area contributed by atoms with E-state index in [1.807, 2.05) is 0 Å². The van der Waals surface area contributed by atoms with Crippen molar-refractivity contribution in [2.24, 2.45) is 0 Å². The summed E-state index contributed by atoms with van der Waals surface area (Å²) in [7, 11) is 0. The number of anilines is 1. The van der Waals surface area contributed by atoms with Gasteiger partial charge in [0.2, 0.25) is 11.3 Å². The van der Waals surface area contributed by atoms with E-state index in [1.165, 1.54) is 0 Å². The highest BCUT2D eigenvalue weighted by Crippen LogP contribution is 2.14. The molecule has 2 heterocycles. The Kier molecular flexibility index (Phi) is 1.16. The number of rotatable bonds is 0. The number of hydrogen-bond donors (Lipinski definition) is 1. The predicted octanol–water partition coefficient (Wildman–Crippen LogP) is 0.248. The second-order valence-electron chi connectivity index (χ2n) is 1.81. The van der Waals surface area contributed by atoms with Gasteiger partial charge in [0, 0.05) is 0 Å². The summed E-state index contributed by atoms with van der Waals surface area (Å²) in [4.78, 5) is 7.50. The lowest BCUT2D eigenvalue weighted by molar-refractivity contribution is 0.314. The van der Waals surface area contributed by atoms with Crippen molar-refractivity contribution in [3.05, 3.63) is 5.15 Å². The highest BCUT2D eigenvalue weighted by molar-refractivity contribution is 6.31. The van der Waals surface area contributed by atoms with Crippen LogP contribution in [0.15, 0.2) is 4.63 Å². The Labute approximate surface area is 65.3 Å². The lowest BCUT2D eigenvalue weighted by Crippen LogP contribution is -1.94. The molecule has 2 rings (SSSR count). The number of fused-ring (bicyclic) bond motifs is 1. The first kappa shape index (κ1) is 6.29. The van der Waals surface area contributed by atoms with Crippen molar-refractivity contribution >= 4 is 28.7 Å². The van der Waals surface area contributed by atoms with Crippen LogP contribution in [0.4, 0.5) is 5.82 Å². The van der Waals surface area contributed by atoms with Gasteiger partial charge >= 0.3 is 0 Å². The molecule has 0 aromatic carbocycles. The largest absolute Gasteiger partial charge is 0.381 e. The predicted molar refractivity (Wildman–Crippen MR) is 36.8 cm³/mol. The Bertz CT molecular complexity index is 362. The van der Waals surface area contributed by atoms with Crippen molar-refractivity contribution < 1.29 is 4.63 Å². The lowest BCUT2D eigenvalue weighted by Gasteiger charge is -1.90. The molecule has 0 unspecified atom stereocenters. The van der Waals surface area contributed by atoms with Crippen LogP contribution in [0.3, 0.4) is 0 Å². The Morgan fingerprint density at radius 1 is 1.18 bits per heavy atom. The molecule has 0 atom stereocenters. The van der Waals surface area contributed by atoms with Gasteiger partial charge in [-0.2, -0.15) is 0 Å². The van der Waals surface area contributed by atoms with Crippen molar-refractivity contribution in [2.75, 3.05) is 5.73 Å². The summed E-state index contributed by atoms with van der Waals surface area (Å²) >= 11 is 5.54. The van der Waals surface area contributed by atoms with Crippen LogP contribution in [0, 0.1) is 0 Å². The van der Waals surface area contributed by atoms with E-state index in [9.17, 15) is 0 Å². The maximum absolute atomic E-state index is 5.54. The number of halogens is 1. The second-order valence-corrected chi connectivity index (χ2v) is 2.17. The van der Waals surface area contributed by atoms with Gasteiger partial charge in [0.05, 0.1) is 0 Å². The number of nitrogens with two attached hydrogens (primary N) is 1. The molecule has 0 spiro atoms. The summed E-state index contributed by atoms with van der Waals surface area (Å²) in [6.07, 6.45) is 0. The summed E-state index contributed by atoms with van der Waals surface area (Å²) in [5.74, 6) is 0.120. The number of hydrogen-bond acceptors (Lipinski definition) is 6. The van der Waals surface area contributed by atoms with Gasteiger partial charge in [-0.1, -0.05) is 11.6 Å². The zero-order valence-electron chi connectivity index (χ0n) is 5.15. The first-order chi connectivity index (χ1) is 5.27. The summed E-state index contributed by atoms with van der Waals surface area (Å²) in [6, 6.07) is 0. The van der Waals surface area contributed by atoms with Crippen LogP contribution in [-0.4, -0.2) is 20.3 Å². The molecule has 2 N–H and O–H groups in total. The minimum absolute atomic E-state index is 0.105. The number of aromatic nitrogens is 4. The van der Waals surface area contributed by atoms with Crippen molar-refractivity contribution in [3.8, 4) is 0 Å². The normalized spacial score (nSPS) is 10.6. The second kappa shape index (κ2) is 2.03. The third-order valence-corrected chi connectivity index (χ3v) is 1.37. The molecule has 7 heteroatoms. The fourth-order valence-electron chi connectivity index (χ4n) is 0.631. The minimum atomic E-state index is 0.105. The van der Waals surface area contributed by atoms with E-state index in [-0.39, 0.29) is 22.3 Å². The fourth-order valence-corrected chi connectivity index (χ4v) is 0.753. The topological polar surface area (TPSA) is 90.7 Å². The van der Waals surface area contributed by atoms with Crippen molar-refractivity contribution in [1.29, 1.82) is 0 Å². The quantitative estimate of drug-likeness (QED) is 0.611. The van der Waals surface area contributed by atoms with E-state index in [2.05, 4.69) is 24.9 Å². The highest BCUT2D eigenvalue weighted by Gasteiger charge is 2.06. The van der Waals surface area contributed by atoms with E-state index >= 15 is 0 Å². The van der Waals surface area contributed by atoms with Gasteiger partial charge in [-0.05, 0) is 10.3 Å². The standard InChI is InChI=1S/C4H2ClN5O/c5-1-2(6)8-4-3(7-1)9-11-10-4/h(H2,6,8,10). The van der Waals surface area contributed by atoms with E-state index < -0.39 is 0 Å². The molecule has 56 valence electrons. The van der Waals surface area contributed by atoms with Crippen molar-refractivity contribution in [1.82, 2.24) is 20.3 Å². The van der Waals surface area contributed by atoms with Gasteiger partial charge in [-0.3, -0.25) is 0 Å². The highest BCUT2D eigenvalue weighted by atomic mass is 35.5. The average molecular weight is 172 g/mol. The molecule has 0 aliphatic carbocycles. The Balaban J connectivity index is 2.86. The van der Waals surface area contributed by atoms with Gasteiger partial charge in [0.1, 0.15) is 0 Å². The van der Waals surface area contributed by atoms with Gasteiger partial charge in [0.25, 0.3) is 0 Å². The number of nitrogen functional groups attached to an aromatic ring is 1. The van der Waals surface area contributed by atoms with Crippen molar-refractivity contribution in [3.63, 3.8) is 0 Å². The summed E-state index contributed by atoms with van der Waals surface area (Å²) < 4.78 is 4.34. The lowest BCUT2D eigenvalue weighted by atomic mass is 10.6. The molecule has 2 aromatic heterocycles. The Morgan fingerprint density at radius 3 is 2.55 bits per heavy atom. The monoisotopic (exact) mass is 171 g/mol. The molecule has 2 aromatic rings. The van der Waals surface area contributed by atoms with Crippen LogP contribution in [-0.2, 0) is 0 Å². The van der Waals surface area contributed by atoms with E-state index in [1.54, 1.807) is 0 Å². The first-order valence-electron chi connectivity index (χ1n) is 2.68. The molecule has 0 amide bonds. The SMILES string of the molecule is Nc1nc2nonc2nc1Cl. The molecule has 0 radical (unpaired) electrons. The van der Waals surface area contributed by atoms with Crippen LogP contribution in [0.1, 0.15) is 0 Å². The third-order valence-electron chi connectivity index (χ3n) is 1.10. The number of nitrogens with zero attached hydrogens (tertiary/aromatic N) is 4. The first-order valence-corrected chi connectivity index (χ1v) is 3.06. The van der Waals surface area contributed by atoms with Crippen LogP contribution in [0.25, 0.3) is 11.3 Å². The Hall–Kier alpha value is -1.43. The molecular formula is C4H2ClN5O. The molecule has 0 aliphatic heterocycles. The fraction of sp³-hybridized carbons (Fsp3) is 0. The van der Waals surface area contributed by atoms with E-state index in [4.69, 9.17) is 17.3 Å². The zero-order valence-corrected chi connectivity index (χ0v) is 5.91. The van der Waals surface area contributed by atoms with Crippen LogP contribution >= 0.6 is 11.6 Å². The van der Waals surface area contributed by atoms with Crippen LogP contribution in [0.2, 0.25) is 5.15 Å². The molecule has 11 heavy (non-hydrogen) atoms. The summed E-state index contributed by atoms with van der Waals surface area (Å²) in [5, 5.41) is 6.95. The molecular weight excluding hydrogens is 170 g/mol. The van der Waals surface area contributed by atoms with Gasteiger partial charge in [-0.15, -0.1) is 0 Å². The average Bonchev–Trinajstić information content (AvgIpc) is 2.36. The van der Waals surface area contributed by atoms with E-state index in [0.717, 1.165) is 0 Å². The molecule has 0 saturated heterocycles. The van der Waals surface area contributed by atoms with E-state index in [0.29, 0.717) is 0 Å². The maximum Gasteiger partial charge on any atom is 0.245 e. The van der Waals surface area contributed by atoms with Gasteiger partial charge < -0.3 is 5.73 Å². The minimum Gasteiger partial charge on any atom is -0.381 e. The van der Waals surface area contributed by atoms with Crippen molar-refractivity contribution in [2.45, 2.75) is 0 Å². The van der Waals surface area contributed by atoms with Crippen LogP contribution in [0.5, 0.6) is 0 Å². The van der Waals surface area contributed by atoms with Gasteiger partial charge in [0.15, 0.2) is 11.0 Å². The molecule has 0 aliphatic rings. The summed E-state index contributed by atoms with van der Waals surface area (Å²) in [6.45, 7) is 0. The molecule has 6 nitrogen and oxygen atoms in total. The summed E-state index contributed by atoms with van der Waals surface area (Å²) in [5.41, 5.74) is 5.84. The maximum atomic E-state index is 5.54. The third kappa shape index (κ3) is 0.874. The van der Waals surface area contributed by atoms with Gasteiger partial charge in [-0.25, -0.2) is 14.6 Å². The molecule has 0 fully saturated rings. The van der Waals surface area contributed by atoms with Crippen LogP contribution < -0.4 is 5.73 Å². The smallest absolute Gasteiger partial charge is 0.245 e. The molecule has 0 bridgehead atoms. The Morgan fingerprint density at radius 2 is 1.82 bits per heavy atom.